The van der Waals surface area contributed by atoms with E-state index < -0.39 is 0 Å². The van der Waals surface area contributed by atoms with E-state index >= 15 is 0 Å². The Kier molecular flexibility index (Phi) is 3.16. The van der Waals surface area contributed by atoms with E-state index in [1.165, 1.54) is 0 Å². The Balaban J connectivity index is 2.12. The maximum absolute atomic E-state index is 11.6. The molecule has 0 unspecified atom stereocenters. The van der Waals surface area contributed by atoms with Crippen LogP contribution in [0.5, 0.6) is 0 Å². The molecule has 7 heteroatoms. The Morgan fingerprint density at radius 1 is 1.50 bits per heavy atom. The average Bonchev–Trinajstić information content (AvgIpc) is 2.83. The summed E-state index contributed by atoms with van der Waals surface area (Å²) in [6.45, 7) is 0. The summed E-state index contributed by atoms with van der Waals surface area (Å²) in [6.07, 6.45) is 1.97. The number of aromatic amines is 1. The molecule has 0 aliphatic carbocycles. The van der Waals surface area contributed by atoms with Crippen molar-refractivity contribution in [1.82, 2.24) is 20.6 Å². The molecule has 2 rings (SSSR count). The molecule has 0 saturated heterocycles. The van der Waals surface area contributed by atoms with Crippen LogP contribution in [-0.4, -0.2) is 32.8 Å². The van der Waals surface area contributed by atoms with E-state index in [1.54, 1.807) is 17.8 Å². The molecule has 0 aliphatic rings. The van der Waals surface area contributed by atoms with Crippen LogP contribution in [0.3, 0.4) is 0 Å². The number of hydrogen-bond acceptors (Lipinski definition) is 5. The fraction of sp³-hybridized carbons (Fsp3) is 0.111. The normalized spacial score (nSPS) is 10.1. The number of benzene rings is 1. The van der Waals surface area contributed by atoms with Crippen LogP contribution in [0.2, 0.25) is 0 Å². The molecule has 0 saturated carbocycles. The predicted molar refractivity (Wildman–Crippen MR) is 60.4 cm³/mol. The minimum absolute atomic E-state index is 0.0227. The third-order valence-corrected chi connectivity index (χ3v) is 2.60. The van der Waals surface area contributed by atoms with Crippen molar-refractivity contribution in [3.8, 4) is 0 Å². The van der Waals surface area contributed by atoms with Crippen molar-refractivity contribution >= 4 is 23.4 Å². The molecule has 1 aromatic carbocycles. The summed E-state index contributed by atoms with van der Waals surface area (Å²) in [5, 5.41) is 15.4. The Bertz CT molecular complexity index is 484. The van der Waals surface area contributed by atoms with Crippen molar-refractivity contribution < 1.29 is 4.79 Å². The largest absolute Gasteiger partial charge is 0.319 e. The Hall–Kier alpha value is -1.89. The van der Waals surface area contributed by atoms with Crippen LogP contribution in [0.4, 0.5) is 5.69 Å². The van der Waals surface area contributed by atoms with Crippen molar-refractivity contribution in [3.63, 3.8) is 0 Å². The molecule has 16 heavy (non-hydrogen) atoms. The average molecular weight is 235 g/mol. The molecule has 82 valence electrons. The number of hydrogen-bond donors (Lipinski definition) is 2. The van der Waals surface area contributed by atoms with Crippen LogP contribution in [0.1, 0.15) is 10.6 Å². The van der Waals surface area contributed by atoms with Gasteiger partial charge < -0.3 is 5.32 Å². The van der Waals surface area contributed by atoms with Gasteiger partial charge in [-0.05, 0) is 29.7 Å². The maximum Gasteiger partial charge on any atom is 0.297 e. The number of tetrazole rings is 1. The summed E-state index contributed by atoms with van der Waals surface area (Å²) >= 11 is 1.61. The topological polar surface area (TPSA) is 83.6 Å². The van der Waals surface area contributed by atoms with Gasteiger partial charge in [-0.3, -0.25) is 4.79 Å². The van der Waals surface area contributed by atoms with E-state index in [1.807, 2.05) is 24.5 Å². The lowest BCUT2D eigenvalue weighted by Gasteiger charge is -2.03. The minimum atomic E-state index is -0.382. The zero-order valence-electron chi connectivity index (χ0n) is 8.47. The van der Waals surface area contributed by atoms with Crippen molar-refractivity contribution in [2.24, 2.45) is 0 Å². The summed E-state index contributed by atoms with van der Waals surface area (Å²) in [7, 11) is 0. The SMILES string of the molecule is CSc1cccc(NC(=O)c2nn[nH]n2)c1. The van der Waals surface area contributed by atoms with Gasteiger partial charge in [0.2, 0.25) is 0 Å². The molecule has 0 aliphatic heterocycles. The standard InChI is InChI=1S/C9H9N5OS/c1-16-7-4-2-3-6(5-7)10-9(15)8-11-13-14-12-8/h2-5H,1H3,(H,10,15)(H,11,12,13,14). The molecule has 0 bridgehead atoms. The molecule has 2 N–H and O–H groups in total. The van der Waals surface area contributed by atoms with Crippen LogP contribution < -0.4 is 5.32 Å². The van der Waals surface area contributed by atoms with Gasteiger partial charge in [0.25, 0.3) is 11.7 Å². The molecule has 1 heterocycles. The van der Waals surface area contributed by atoms with E-state index in [0.29, 0.717) is 5.69 Å². The summed E-state index contributed by atoms with van der Waals surface area (Å²) in [6, 6.07) is 7.52. The van der Waals surface area contributed by atoms with Gasteiger partial charge in [-0.15, -0.1) is 22.0 Å². The molecule has 1 aromatic heterocycles. The molecule has 0 fully saturated rings. The lowest BCUT2D eigenvalue weighted by molar-refractivity contribution is 0.101. The van der Waals surface area contributed by atoms with Gasteiger partial charge in [0.1, 0.15) is 0 Å². The molecule has 6 nitrogen and oxygen atoms in total. The van der Waals surface area contributed by atoms with Gasteiger partial charge >= 0.3 is 0 Å². The second-order valence-electron chi connectivity index (χ2n) is 2.92. The number of aromatic nitrogens is 4. The predicted octanol–water partition coefficient (Wildman–Crippen LogP) is 1.17. The lowest BCUT2D eigenvalue weighted by Crippen LogP contribution is -2.13. The van der Waals surface area contributed by atoms with E-state index in [2.05, 4.69) is 25.9 Å². The number of rotatable bonds is 3. The fourth-order valence-corrected chi connectivity index (χ4v) is 1.61. The molecular formula is C9H9N5OS. The third-order valence-electron chi connectivity index (χ3n) is 1.88. The highest BCUT2D eigenvalue weighted by atomic mass is 32.2. The van der Waals surface area contributed by atoms with Crippen molar-refractivity contribution in [3.05, 3.63) is 30.1 Å². The quantitative estimate of drug-likeness (QED) is 0.780. The summed E-state index contributed by atoms with van der Waals surface area (Å²) < 4.78 is 0. The van der Waals surface area contributed by atoms with Crippen LogP contribution in [-0.2, 0) is 0 Å². The molecule has 0 atom stereocenters. The number of nitrogens with one attached hydrogen (secondary N) is 2. The molecule has 0 spiro atoms. The summed E-state index contributed by atoms with van der Waals surface area (Å²) in [4.78, 5) is 12.6. The first-order valence-electron chi connectivity index (χ1n) is 4.48. The Morgan fingerprint density at radius 2 is 2.38 bits per heavy atom. The molecule has 2 aromatic rings. The smallest absolute Gasteiger partial charge is 0.297 e. The number of carbonyl (C=O) groups is 1. The van der Waals surface area contributed by atoms with Crippen molar-refractivity contribution in [2.45, 2.75) is 4.90 Å². The van der Waals surface area contributed by atoms with Crippen LogP contribution in [0.25, 0.3) is 0 Å². The highest BCUT2D eigenvalue weighted by Crippen LogP contribution is 2.19. The third kappa shape index (κ3) is 2.37. The first-order chi connectivity index (χ1) is 7.79. The second-order valence-corrected chi connectivity index (χ2v) is 3.80. The highest BCUT2D eigenvalue weighted by Gasteiger charge is 2.10. The van der Waals surface area contributed by atoms with Gasteiger partial charge in [-0.1, -0.05) is 6.07 Å². The first kappa shape index (κ1) is 10.6. The number of carbonyl (C=O) groups excluding carboxylic acids is 1. The first-order valence-corrected chi connectivity index (χ1v) is 5.71. The number of thioether (sulfide) groups is 1. The molecule has 1 amide bonds. The van der Waals surface area contributed by atoms with Gasteiger partial charge in [0.05, 0.1) is 0 Å². The molecule has 0 radical (unpaired) electrons. The van der Waals surface area contributed by atoms with Gasteiger partial charge in [0, 0.05) is 10.6 Å². The van der Waals surface area contributed by atoms with E-state index in [0.717, 1.165) is 4.90 Å². The Labute approximate surface area is 95.8 Å². The Morgan fingerprint density at radius 3 is 3.06 bits per heavy atom. The number of H-pyrrole nitrogens is 1. The fourth-order valence-electron chi connectivity index (χ4n) is 1.15. The minimum Gasteiger partial charge on any atom is -0.319 e. The lowest BCUT2D eigenvalue weighted by atomic mass is 10.3. The van der Waals surface area contributed by atoms with E-state index in [-0.39, 0.29) is 11.7 Å². The van der Waals surface area contributed by atoms with Gasteiger partial charge in [-0.2, -0.15) is 5.21 Å². The van der Waals surface area contributed by atoms with Crippen LogP contribution >= 0.6 is 11.8 Å². The maximum atomic E-state index is 11.6. The number of amides is 1. The van der Waals surface area contributed by atoms with Crippen LogP contribution in [0, 0.1) is 0 Å². The monoisotopic (exact) mass is 235 g/mol. The number of anilines is 1. The van der Waals surface area contributed by atoms with Crippen molar-refractivity contribution in [1.29, 1.82) is 0 Å². The highest BCUT2D eigenvalue weighted by molar-refractivity contribution is 7.98. The summed E-state index contributed by atoms with van der Waals surface area (Å²) in [5.41, 5.74) is 0.710. The zero-order valence-corrected chi connectivity index (χ0v) is 9.28. The number of nitrogens with zero attached hydrogens (tertiary/aromatic N) is 3. The van der Waals surface area contributed by atoms with Crippen molar-refractivity contribution in [2.75, 3.05) is 11.6 Å². The van der Waals surface area contributed by atoms with Gasteiger partial charge in [0.15, 0.2) is 0 Å². The van der Waals surface area contributed by atoms with E-state index in [9.17, 15) is 4.79 Å². The second kappa shape index (κ2) is 4.75. The van der Waals surface area contributed by atoms with E-state index in [4.69, 9.17) is 0 Å². The van der Waals surface area contributed by atoms with Crippen LogP contribution in [0.15, 0.2) is 29.2 Å². The summed E-state index contributed by atoms with van der Waals surface area (Å²) in [5.74, 6) is -0.360. The van der Waals surface area contributed by atoms with Gasteiger partial charge in [-0.25, -0.2) is 0 Å². The molecular weight excluding hydrogens is 226 g/mol. The zero-order chi connectivity index (χ0) is 11.4.